The van der Waals surface area contributed by atoms with E-state index in [-0.39, 0.29) is 22.6 Å². The topological polar surface area (TPSA) is 72.9 Å². The summed E-state index contributed by atoms with van der Waals surface area (Å²) in [4.78, 5) is 14.9. The molecule has 144 valence electrons. The summed E-state index contributed by atoms with van der Waals surface area (Å²) in [7, 11) is -0.497. The van der Waals surface area contributed by atoms with Gasteiger partial charge in [0.05, 0.1) is 20.3 Å². The van der Waals surface area contributed by atoms with Crippen molar-refractivity contribution in [1.29, 1.82) is 0 Å². The van der Waals surface area contributed by atoms with E-state index in [1.54, 1.807) is 18.1 Å². The fraction of sp³-hybridized carbons (Fsp3) is 0.350. The molecule has 2 aromatic carbocycles. The lowest BCUT2D eigenvalue weighted by atomic mass is 9.92. The maximum atomic E-state index is 13.1. The van der Waals surface area contributed by atoms with E-state index in [1.165, 1.54) is 24.8 Å². The molecule has 1 heterocycles. The molecular formula is C20H23NO5S. The van der Waals surface area contributed by atoms with Crippen LogP contribution in [0.4, 0.5) is 0 Å². The summed E-state index contributed by atoms with van der Waals surface area (Å²) < 4.78 is 34.5. The molecule has 0 aromatic heterocycles. The second-order valence-corrected chi connectivity index (χ2v) is 8.61. The van der Waals surface area contributed by atoms with Crippen molar-refractivity contribution in [2.24, 2.45) is 0 Å². The van der Waals surface area contributed by atoms with Crippen molar-refractivity contribution in [3.63, 3.8) is 0 Å². The highest BCUT2D eigenvalue weighted by molar-refractivity contribution is 7.90. The Kier molecular flexibility index (Phi) is 5.15. The average molecular weight is 389 g/mol. The van der Waals surface area contributed by atoms with Gasteiger partial charge in [-0.05, 0) is 54.8 Å². The zero-order valence-corrected chi connectivity index (χ0v) is 16.7. The predicted octanol–water partition coefficient (Wildman–Crippen LogP) is 2.87. The Bertz CT molecular complexity index is 984. The van der Waals surface area contributed by atoms with Crippen LogP contribution >= 0.6 is 0 Å². The molecule has 2 aromatic rings. The van der Waals surface area contributed by atoms with Crippen LogP contribution in [0, 0.1) is 0 Å². The second kappa shape index (κ2) is 7.23. The fourth-order valence-corrected chi connectivity index (χ4v) is 4.32. The third-order valence-corrected chi connectivity index (χ3v) is 6.08. The number of nitrogens with zero attached hydrogens (tertiary/aromatic N) is 1. The monoisotopic (exact) mass is 389 g/mol. The van der Waals surface area contributed by atoms with E-state index >= 15 is 0 Å². The molecule has 0 N–H and O–H groups in total. The van der Waals surface area contributed by atoms with Crippen molar-refractivity contribution in [1.82, 2.24) is 4.90 Å². The molecule has 1 aliphatic rings. The molecule has 0 fully saturated rings. The van der Waals surface area contributed by atoms with Crippen LogP contribution in [0.1, 0.15) is 34.5 Å². The van der Waals surface area contributed by atoms with Crippen LogP contribution in [0.5, 0.6) is 11.5 Å². The van der Waals surface area contributed by atoms with Gasteiger partial charge in [0.15, 0.2) is 9.84 Å². The quantitative estimate of drug-likeness (QED) is 0.804. The summed E-state index contributed by atoms with van der Waals surface area (Å²) >= 11 is 0. The zero-order valence-electron chi connectivity index (χ0n) is 15.9. The molecule has 1 aliphatic heterocycles. The van der Waals surface area contributed by atoms with Gasteiger partial charge in [-0.25, -0.2) is 8.42 Å². The number of hydrogen-bond donors (Lipinski definition) is 0. The first-order chi connectivity index (χ1) is 12.8. The Labute approximate surface area is 159 Å². The van der Waals surface area contributed by atoms with Gasteiger partial charge >= 0.3 is 0 Å². The Morgan fingerprint density at radius 1 is 1.11 bits per heavy atom. The highest BCUT2D eigenvalue weighted by Gasteiger charge is 2.29. The van der Waals surface area contributed by atoms with Crippen LogP contribution in [-0.4, -0.2) is 46.2 Å². The summed E-state index contributed by atoms with van der Waals surface area (Å²) in [6.07, 6.45) is 1.84. The van der Waals surface area contributed by atoms with Gasteiger partial charge < -0.3 is 14.4 Å². The molecule has 0 saturated heterocycles. The molecule has 0 spiro atoms. The first-order valence-corrected chi connectivity index (χ1v) is 10.5. The lowest BCUT2D eigenvalue weighted by Crippen LogP contribution is -2.38. The Hall–Kier alpha value is -2.54. The van der Waals surface area contributed by atoms with Crippen molar-refractivity contribution in [3.8, 4) is 11.5 Å². The Morgan fingerprint density at radius 2 is 1.85 bits per heavy atom. The number of fused-ring (bicyclic) bond motifs is 1. The van der Waals surface area contributed by atoms with E-state index in [4.69, 9.17) is 9.47 Å². The average Bonchev–Trinajstić information content (AvgIpc) is 2.66. The minimum Gasteiger partial charge on any atom is -0.497 e. The molecule has 1 amide bonds. The predicted molar refractivity (Wildman–Crippen MR) is 102 cm³/mol. The Balaban J connectivity index is 1.97. The van der Waals surface area contributed by atoms with E-state index in [9.17, 15) is 13.2 Å². The van der Waals surface area contributed by atoms with Gasteiger partial charge in [-0.3, -0.25) is 4.79 Å². The number of ether oxygens (including phenoxy) is 2. The van der Waals surface area contributed by atoms with Gasteiger partial charge in [-0.2, -0.15) is 0 Å². The molecule has 0 saturated carbocycles. The van der Waals surface area contributed by atoms with E-state index in [1.807, 2.05) is 25.1 Å². The number of amides is 1. The normalized spacial score (nSPS) is 16.6. The SMILES string of the molecule is COc1ccc2c(c1)C(C)N(C(=O)c1ccc(OC)c(S(C)(=O)=O)c1)CC2. The molecule has 0 radical (unpaired) electrons. The highest BCUT2D eigenvalue weighted by atomic mass is 32.2. The smallest absolute Gasteiger partial charge is 0.254 e. The summed E-state index contributed by atoms with van der Waals surface area (Å²) in [6.45, 7) is 2.54. The van der Waals surface area contributed by atoms with Gasteiger partial charge in [0.1, 0.15) is 16.4 Å². The third-order valence-electron chi connectivity index (χ3n) is 4.96. The number of carbonyl (C=O) groups excluding carboxylic acids is 1. The van der Waals surface area contributed by atoms with Gasteiger partial charge in [0, 0.05) is 18.4 Å². The Morgan fingerprint density at radius 3 is 2.48 bits per heavy atom. The van der Waals surface area contributed by atoms with Crippen molar-refractivity contribution >= 4 is 15.7 Å². The van der Waals surface area contributed by atoms with Gasteiger partial charge in [-0.15, -0.1) is 0 Å². The number of benzene rings is 2. The van der Waals surface area contributed by atoms with E-state index in [0.717, 1.165) is 24.0 Å². The van der Waals surface area contributed by atoms with Crippen LogP contribution in [0.15, 0.2) is 41.3 Å². The molecular weight excluding hydrogens is 366 g/mol. The molecule has 6 nitrogen and oxygen atoms in total. The van der Waals surface area contributed by atoms with Crippen molar-refractivity contribution in [2.45, 2.75) is 24.3 Å². The molecule has 1 unspecified atom stereocenters. The first-order valence-electron chi connectivity index (χ1n) is 8.62. The van der Waals surface area contributed by atoms with Crippen LogP contribution in [0.25, 0.3) is 0 Å². The first kappa shape index (κ1) is 19.2. The number of methoxy groups -OCH3 is 2. The standard InChI is InChI=1S/C20H23NO5S/c1-13-17-12-16(25-2)7-5-14(17)9-10-21(13)20(22)15-6-8-18(26-3)19(11-15)27(4,23)24/h5-8,11-13H,9-10H2,1-4H3. The molecule has 3 rings (SSSR count). The summed E-state index contributed by atoms with van der Waals surface area (Å²) in [5.41, 5.74) is 2.57. The number of carbonyl (C=O) groups is 1. The lowest BCUT2D eigenvalue weighted by Gasteiger charge is -2.35. The number of hydrogen-bond acceptors (Lipinski definition) is 5. The minimum atomic E-state index is -3.52. The van der Waals surface area contributed by atoms with Crippen LogP contribution in [-0.2, 0) is 16.3 Å². The number of sulfone groups is 1. The summed E-state index contributed by atoms with van der Waals surface area (Å²) in [6, 6.07) is 10.3. The number of rotatable bonds is 4. The van der Waals surface area contributed by atoms with Crippen molar-refractivity contribution in [2.75, 3.05) is 27.0 Å². The van der Waals surface area contributed by atoms with Crippen LogP contribution in [0.3, 0.4) is 0 Å². The maximum absolute atomic E-state index is 13.1. The zero-order chi connectivity index (χ0) is 19.8. The van der Waals surface area contributed by atoms with E-state index in [0.29, 0.717) is 12.1 Å². The van der Waals surface area contributed by atoms with Crippen LogP contribution in [0.2, 0.25) is 0 Å². The summed E-state index contributed by atoms with van der Waals surface area (Å²) in [5, 5.41) is 0. The van der Waals surface area contributed by atoms with Crippen molar-refractivity contribution < 1.29 is 22.7 Å². The van der Waals surface area contributed by atoms with E-state index in [2.05, 4.69) is 0 Å². The second-order valence-electron chi connectivity index (χ2n) is 6.63. The lowest BCUT2D eigenvalue weighted by molar-refractivity contribution is 0.0677. The van der Waals surface area contributed by atoms with Crippen LogP contribution < -0.4 is 9.47 Å². The maximum Gasteiger partial charge on any atom is 0.254 e. The van der Waals surface area contributed by atoms with Gasteiger partial charge in [-0.1, -0.05) is 6.07 Å². The fourth-order valence-electron chi connectivity index (χ4n) is 3.46. The van der Waals surface area contributed by atoms with Crippen molar-refractivity contribution in [3.05, 3.63) is 53.1 Å². The third kappa shape index (κ3) is 3.64. The van der Waals surface area contributed by atoms with Gasteiger partial charge in [0.25, 0.3) is 5.91 Å². The molecule has 0 bridgehead atoms. The minimum absolute atomic E-state index is 0.0163. The highest BCUT2D eigenvalue weighted by Crippen LogP contribution is 2.34. The summed E-state index contributed by atoms with van der Waals surface area (Å²) in [5.74, 6) is 0.776. The largest absolute Gasteiger partial charge is 0.497 e. The molecule has 0 aliphatic carbocycles. The molecule has 27 heavy (non-hydrogen) atoms. The van der Waals surface area contributed by atoms with E-state index < -0.39 is 9.84 Å². The van der Waals surface area contributed by atoms with Gasteiger partial charge in [0.2, 0.25) is 0 Å². The molecule has 7 heteroatoms. The molecule has 1 atom stereocenters.